The van der Waals surface area contributed by atoms with Gasteiger partial charge in [-0.25, -0.2) is 4.79 Å². The molecule has 0 aliphatic carbocycles. The van der Waals surface area contributed by atoms with E-state index in [1.165, 1.54) is 0 Å². The largest absolute Gasteiger partial charge is 0.391 e. The number of hydrogen-bond acceptors (Lipinski definition) is 3. The Morgan fingerprint density at radius 1 is 0.957 bits per heavy atom. The number of hydrogen-bond donors (Lipinski definition) is 0. The minimum absolute atomic E-state index is 0.145. The Labute approximate surface area is 141 Å². The van der Waals surface area contributed by atoms with E-state index >= 15 is 0 Å². The van der Waals surface area contributed by atoms with Crippen LogP contribution in [0.3, 0.4) is 0 Å². The van der Waals surface area contributed by atoms with Gasteiger partial charge in [-0.05, 0) is 17.5 Å². The number of unbranched alkanes of at least 4 members (excludes halogenated alkanes) is 1. The lowest BCUT2D eigenvalue weighted by molar-refractivity contribution is -0.161. The molecule has 119 valence electrons. The zero-order valence-electron chi connectivity index (χ0n) is 12.7. The molecule has 0 saturated heterocycles. The second-order valence-electron chi connectivity index (χ2n) is 5.11. The van der Waals surface area contributed by atoms with Crippen LogP contribution in [0, 0.1) is 6.92 Å². The highest BCUT2D eigenvalue weighted by molar-refractivity contribution is 6.36. The third-order valence-corrected chi connectivity index (χ3v) is 4.05. The number of alkyl halides is 1. The molecule has 0 fully saturated rings. The lowest BCUT2D eigenvalue weighted by Gasteiger charge is -2.25. The van der Waals surface area contributed by atoms with Crippen LogP contribution in [0.25, 0.3) is 0 Å². The second kappa shape index (κ2) is 7.93. The van der Waals surface area contributed by atoms with Gasteiger partial charge in [-0.15, -0.1) is 0 Å². The summed E-state index contributed by atoms with van der Waals surface area (Å²) in [5.74, 6) is -1.37. The van der Waals surface area contributed by atoms with Gasteiger partial charge in [-0.3, -0.25) is 4.79 Å². The van der Waals surface area contributed by atoms with E-state index in [4.69, 9.17) is 16.3 Å². The molecule has 4 heteroatoms. The molecule has 0 atom stereocenters. The third-order valence-electron chi connectivity index (χ3n) is 3.46. The molecule has 0 saturated carbocycles. The van der Waals surface area contributed by atoms with E-state index in [0.717, 1.165) is 0 Å². The zero-order chi connectivity index (χ0) is 16.7. The lowest BCUT2D eigenvalue weighted by Crippen LogP contribution is -2.34. The highest BCUT2D eigenvalue weighted by Crippen LogP contribution is 2.38. The van der Waals surface area contributed by atoms with E-state index in [2.05, 4.69) is 6.92 Å². The van der Waals surface area contributed by atoms with Gasteiger partial charge < -0.3 is 4.74 Å². The van der Waals surface area contributed by atoms with Crippen LogP contribution in [0.4, 0.5) is 0 Å². The average molecular weight is 330 g/mol. The molecule has 1 radical (unpaired) electrons. The summed E-state index contributed by atoms with van der Waals surface area (Å²) >= 11 is 6.68. The molecule has 0 spiro atoms. The summed E-state index contributed by atoms with van der Waals surface area (Å²) < 4.78 is 4.99. The van der Waals surface area contributed by atoms with Crippen LogP contribution >= 0.6 is 11.6 Å². The number of benzene rings is 2. The van der Waals surface area contributed by atoms with E-state index in [-0.39, 0.29) is 6.42 Å². The van der Waals surface area contributed by atoms with Crippen LogP contribution in [-0.4, -0.2) is 11.9 Å². The number of carbonyl (C=O) groups is 2. The van der Waals surface area contributed by atoms with Crippen molar-refractivity contribution >= 4 is 23.5 Å². The maximum Gasteiger partial charge on any atom is 0.344 e. The van der Waals surface area contributed by atoms with E-state index in [0.29, 0.717) is 24.0 Å². The molecule has 0 bridgehead atoms. The molecular weight excluding hydrogens is 312 g/mol. The minimum Gasteiger partial charge on any atom is -0.391 e. The SMILES string of the molecule is [CH2]CCCC(=O)OC(=O)C(Cl)(c1ccccc1)c1ccccc1. The van der Waals surface area contributed by atoms with Crippen LogP contribution in [0.2, 0.25) is 0 Å². The molecular formula is C19H18ClO3. The summed E-state index contributed by atoms with van der Waals surface area (Å²) in [6, 6.07) is 17.8. The summed E-state index contributed by atoms with van der Waals surface area (Å²) in [4.78, 5) is 22.9. The van der Waals surface area contributed by atoms with Crippen LogP contribution in [0.15, 0.2) is 60.7 Å². The van der Waals surface area contributed by atoms with E-state index < -0.39 is 16.8 Å². The quantitative estimate of drug-likeness (QED) is 0.452. The molecule has 23 heavy (non-hydrogen) atoms. The Kier molecular flexibility index (Phi) is 5.94. The van der Waals surface area contributed by atoms with Gasteiger partial charge in [0.05, 0.1) is 0 Å². The van der Waals surface area contributed by atoms with Crippen molar-refractivity contribution in [1.29, 1.82) is 0 Å². The van der Waals surface area contributed by atoms with Gasteiger partial charge in [0.15, 0.2) is 4.87 Å². The van der Waals surface area contributed by atoms with Gasteiger partial charge in [0, 0.05) is 6.42 Å². The van der Waals surface area contributed by atoms with Gasteiger partial charge in [-0.1, -0.05) is 85.6 Å². The number of rotatable bonds is 6. The van der Waals surface area contributed by atoms with E-state index in [1.54, 1.807) is 48.5 Å². The highest BCUT2D eigenvalue weighted by atomic mass is 35.5. The van der Waals surface area contributed by atoms with E-state index in [1.807, 2.05) is 12.1 Å². The van der Waals surface area contributed by atoms with Crippen molar-refractivity contribution < 1.29 is 14.3 Å². The van der Waals surface area contributed by atoms with Crippen molar-refractivity contribution in [2.45, 2.75) is 24.1 Å². The predicted molar refractivity (Wildman–Crippen MR) is 89.8 cm³/mol. The Bertz CT molecular complexity index is 613. The normalized spacial score (nSPS) is 11.0. The number of halogens is 1. The second-order valence-corrected chi connectivity index (χ2v) is 5.68. The molecule has 0 unspecified atom stereocenters. The summed E-state index contributed by atoms with van der Waals surface area (Å²) in [6.07, 6.45) is 1.32. The molecule has 0 heterocycles. The van der Waals surface area contributed by atoms with Crippen LogP contribution in [-0.2, 0) is 19.2 Å². The van der Waals surface area contributed by atoms with Gasteiger partial charge in [-0.2, -0.15) is 0 Å². The van der Waals surface area contributed by atoms with Crippen LogP contribution in [0.1, 0.15) is 30.4 Å². The average Bonchev–Trinajstić information content (AvgIpc) is 2.60. The fourth-order valence-electron chi connectivity index (χ4n) is 2.23. The smallest absolute Gasteiger partial charge is 0.344 e. The Morgan fingerprint density at radius 3 is 1.87 bits per heavy atom. The van der Waals surface area contributed by atoms with Crippen LogP contribution < -0.4 is 0 Å². The van der Waals surface area contributed by atoms with Crippen molar-refractivity contribution in [2.75, 3.05) is 0 Å². The predicted octanol–water partition coefficient (Wildman–Crippen LogP) is 4.24. The topological polar surface area (TPSA) is 43.4 Å². The standard InChI is InChI=1S/C19H18ClO3/c1-2-3-14-17(21)23-18(22)19(20,15-10-6-4-7-11-15)16-12-8-5-9-13-16/h4-13H,1-3,14H2. The molecule has 3 nitrogen and oxygen atoms in total. The first-order valence-corrected chi connectivity index (χ1v) is 7.81. The fourth-order valence-corrected chi connectivity index (χ4v) is 2.52. The lowest BCUT2D eigenvalue weighted by atomic mass is 9.90. The molecule has 0 aromatic heterocycles. The van der Waals surface area contributed by atoms with Crippen molar-refractivity contribution in [3.05, 3.63) is 78.7 Å². The van der Waals surface area contributed by atoms with Gasteiger partial charge in [0.25, 0.3) is 0 Å². The highest BCUT2D eigenvalue weighted by Gasteiger charge is 2.42. The molecule has 2 aromatic carbocycles. The first-order valence-electron chi connectivity index (χ1n) is 7.43. The van der Waals surface area contributed by atoms with Crippen molar-refractivity contribution in [1.82, 2.24) is 0 Å². The van der Waals surface area contributed by atoms with Gasteiger partial charge in [0.1, 0.15) is 0 Å². The maximum atomic E-state index is 12.6. The summed E-state index contributed by atoms with van der Waals surface area (Å²) in [6.45, 7) is 3.66. The van der Waals surface area contributed by atoms with Crippen molar-refractivity contribution in [2.24, 2.45) is 0 Å². The number of esters is 2. The Balaban J connectivity index is 2.35. The molecule has 2 aromatic rings. The third kappa shape index (κ3) is 3.99. The Morgan fingerprint density at radius 2 is 1.43 bits per heavy atom. The summed E-state index contributed by atoms with van der Waals surface area (Å²) in [5.41, 5.74) is 1.12. The monoisotopic (exact) mass is 329 g/mol. The summed E-state index contributed by atoms with van der Waals surface area (Å²) in [5, 5.41) is 0. The van der Waals surface area contributed by atoms with Crippen molar-refractivity contribution in [3.8, 4) is 0 Å². The Hall–Kier alpha value is -2.13. The number of ether oxygens (including phenoxy) is 1. The molecule has 0 N–H and O–H groups in total. The fraction of sp³-hybridized carbons (Fsp3) is 0.211. The summed E-state index contributed by atoms with van der Waals surface area (Å²) in [7, 11) is 0. The first kappa shape index (κ1) is 17.2. The zero-order valence-corrected chi connectivity index (χ0v) is 13.5. The molecule has 2 rings (SSSR count). The maximum absolute atomic E-state index is 12.6. The first-order chi connectivity index (χ1) is 11.1. The van der Waals surface area contributed by atoms with Gasteiger partial charge in [0.2, 0.25) is 0 Å². The molecule has 0 aliphatic heterocycles. The molecule has 0 aliphatic rings. The van der Waals surface area contributed by atoms with Crippen molar-refractivity contribution in [3.63, 3.8) is 0 Å². The number of carbonyl (C=O) groups excluding carboxylic acids is 2. The van der Waals surface area contributed by atoms with Gasteiger partial charge >= 0.3 is 11.9 Å². The van der Waals surface area contributed by atoms with E-state index in [9.17, 15) is 9.59 Å². The minimum atomic E-state index is -1.55. The van der Waals surface area contributed by atoms with Crippen LogP contribution in [0.5, 0.6) is 0 Å². The molecule has 0 amide bonds.